The molecule has 1 aliphatic rings. The topological polar surface area (TPSA) is 41.1 Å². The number of amides is 1. The van der Waals surface area contributed by atoms with Crippen molar-refractivity contribution in [3.8, 4) is 0 Å². The lowest BCUT2D eigenvalue weighted by Gasteiger charge is -2.23. The Balaban J connectivity index is 2.22. The molecule has 0 saturated carbocycles. The monoisotopic (exact) mass is 252 g/mol. The summed E-state index contributed by atoms with van der Waals surface area (Å²) >= 11 is 0. The number of hydrogen-bond donors (Lipinski definition) is 2. The van der Waals surface area contributed by atoms with Crippen LogP contribution in [0.4, 0.5) is 0 Å². The lowest BCUT2D eigenvalue weighted by Crippen LogP contribution is -2.30. The van der Waals surface area contributed by atoms with Crippen molar-refractivity contribution in [1.29, 1.82) is 0 Å². The molecule has 2 N–H and O–H groups in total. The summed E-state index contributed by atoms with van der Waals surface area (Å²) in [5.74, 6) is 0.637. The summed E-state index contributed by atoms with van der Waals surface area (Å²) in [5, 5.41) is 6.31. The first-order valence-electron chi connectivity index (χ1n) is 7.02. The highest BCUT2D eigenvalue weighted by Gasteiger charge is 2.17. The molecular weight excluding hydrogens is 224 g/mol. The molecule has 0 aromatic heterocycles. The summed E-state index contributed by atoms with van der Waals surface area (Å²) in [6.07, 6.45) is 4.97. The van der Waals surface area contributed by atoms with E-state index < -0.39 is 0 Å². The molecule has 0 bridgehead atoms. The standard InChI is InChI=1S/C15H28N2O/c1-12(10-15(2,3)4)9-14(18)17-11-13-5-7-16-8-6-13/h5,12,16H,6-11H2,1-4H3,(H,17,18). The fourth-order valence-electron chi connectivity index (χ4n) is 2.55. The van der Waals surface area contributed by atoms with Gasteiger partial charge in [-0.15, -0.1) is 0 Å². The Morgan fingerprint density at radius 2 is 2.22 bits per heavy atom. The van der Waals surface area contributed by atoms with E-state index in [0.29, 0.717) is 17.8 Å². The van der Waals surface area contributed by atoms with Crippen LogP contribution in [0, 0.1) is 11.3 Å². The second-order valence-corrected chi connectivity index (χ2v) is 6.67. The predicted molar refractivity (Wildman–Crippen MR) is 76.4 cm³/mol. The van der Waals surface area contributed by atoms with Crippen LogP contribution in [0.5, 0.6) is 0 Å². The number of carbonyl (C=O) groups excluding carboxylic acids is 1. The second-order valence-electron chi connectivity index (χ2n) is 6.67. The molecule has 1 rings (SSSR count). The second kappa shape index (κ2) is 6.93. The third-order valence-corrected chi connectivity index (χ3v) is 3.17. The zero-order valence-electron chi connectivity index (χ0n) is 12.3. The van der Waals surface area contributed by atoms with Crippen LogP contribution in [0.3, 0.4) is 0 Å². The maximum absolute atomic E-state index is 11.8. The minimum Gasteiger partial charge on any atom is -0.352 e. The van der Waals surface area contributed by atoms with E-state index in [1.165, 1.54) is 5.57 Å². The van der Waals surface area contributed by atoms with Gasteiger partial charge in [-0.1, -0.05) is 39.3 Å². The third kappa shape index (κ3) is 6.80. The Hall–Kier alpha value is -0.830. The van der Waals surface area contributed by atoms with E-state index >= 15 is 0 Å². The fraction of sp³-hybridized carbons (Fsp3) is 0.800. The maximum Gasteiger partial charge on any atom is 0.220 e. The van der Waals surface area contributed by atoms with Gasteiger partial charge in [-0.3, -0.25) is 4.79 Å². The first kappa shape index (κ1) is 15.2. The summed E-state index contributed by atoms with van der Waals surface area (Å²) in [4.78, 5) is 11.8. The first-order chi connectivity index (χ1) is 8.37. The molecule has 0 fully saturated rings. The van der Waals surface area contributed by atoms with Crippen molar-refractivity contribution in [2.24, 2.45) is 11.3 Å². The van der Waals surface area contributed by atoms with Gasteiger partial charge in [0.15, 0.2) is 0 Å². The van der Waals surface area contributed by atoms with Gasteiger partial charge >= 0.3 is 0 Å². The van der Waals surface area contributed by atoms with Crippen LogP contribution in [-0.2, 0) is 4.79 Å². The van der Waals surface area contributed by atoms with Crippen molar-refractivity contribution in [3.05, 3.63) is 11.6 Å². The van der Waals surface area contributed by atoms with Crippen molar-refractivity contribution >= 4 is 5.91 Å². The molecule has 0 saturated heterocycles. The summed E-state index contributed by atoms with van der Waals surface area (Å²) in [6.45, 7) is 11.5. The Morgan fingerprint density at radius 3 is 2.78 bits per heavy atom. The molecule has 0 radical (unpaired) electrons. The smallest absolute Gasteiger partial charge is 0.220 e. The Kier molecular flexibility index (Phi) is 5.86. The molecule has 3 heteroatoms. The molecule has 0 spiro atoms. The molecule has 1 heterocycles. The Labute approximate surface area is 111 Å². The van der Waals surface area contributed by atoms with Gasteiger partial charge in [-0.05, 0) is 30.7 Å². The van der Waals surface area contributed by atoms with Gasteiger partial charge in [0.05, 0.1) is 0 Å². The van der Waals surface area contributed by atoms with Gasteiger partial charge in [0.1, 0.15) is 0 Å². The molecular formula is C15H28N2O. The van der Waals surface area contributed by atoms with E-state index in [1.54, 1.807) is 0 Å². The highest BCUT2D eigenvalue weighted by molar-refractivity contribution is 5.76. The quantitative estimate of drug-likeness (QED) is 0.738. The zero-order chi connectivity index (χ0) is 13.6. The van der Waals surface area contributed by atoms with E-state index in [9.17, 15) is 4.79 Å². The van der Waals surface area contributed by atoms with Crippen molar-refractivity contribution in [3.63, 3.8) is 0 Å². The number of nitrogens with one attached hydrogen (secondary N) is 2. The molecule has 104 valence electrons. The zero-order valence-corrected chi connectivity index (χ0v) is 12.3. The molecule has 1 atom stereocenters. The highest BCUT2D eigenvalue weighted by atomic mass is 16.1. The van der Waals surface area contributed by atoms with Gasteiger partial charge in [0, 0.05) is 19.5 Å². The molecule has 3 nitrogen and oxygen atoms in total. The fourth-order valence-corrected chi connectivity index (χ4v) is 2.55. The predicted octanol–water partition coefficient (Wildman–Crippen LogP) is 2.48. The summed E-state index contributed by atoms with van der Waals surface area (Å²) < 4.78 is 0. The van der Waals surface area contributed by atoms with E-state index in [0.717, 1.165) is 32.5 Å². The van der Waals surface area contributed by atoms with Crippen molar-refractivity contribution < 1.29 is 4.79 Å². The largest absolute Gasteiger partial charge is 0.352 e. The maximum atomic E-state index is 11.8. The SMILES string of the molecule is CC(CC(=O)NCC1=CCNCC1)CC(C)(C)C. The van der Waals surface area contributed by atoms with Crippen LogP contribution in [0.15, 0.2) is 11.6 Å². The lowest BCUT2D eigenvalue weighted by molar-refractivity contribution is -0.121. The van der Waals surface area contributed by atoms with Crippen LogP contribution in [0.25, 0.3) is 0 Å². The van der Waals surface area contributed by atoms with Gasteiger partial charge in [-0.25, -0.2) is 0 Å². The van der Waals surface area contributed by atoms with Crippen molar-refractivity contribution in [2.75, 3.05) is 19.6 Å². The Morgan fingerprint density at radius 1 is 1.50 bits per heavy atom. The van der Waals surface area contributed by atoms with Gasteiger partial charge in [0.2, 0.25) is 5.91 Å². The molecule has 0 aliphatic carbocycles. The molecule has 1 unspecified atom stereocenters. The normalized spacial score (nSPS) is 18.1. The van der Waals surface area contributed by atoms with Crippen molar-refractivity contribution in [1.82, 2.24) is 10.6 Å². The Bertz CT molecular complexity index is 302. The summed E-state index contributed by atoms with van der Waals surface area (Å²) in [5.41, 5.74) is 1.66. The average molecular weight is 252 g/mol. The number of hydrogen-bond acceptors (Lipinski definition) is 2. The van der Waals surface area contributed by atoms with Gasteiger partial charge < -0.3 is 10.6 Å². The molecule has 18 heavy (non-hydrogen) atoms. The molecule has 1 amide bonds. The average Bonchev–Trinajstić information content (AvgIpc) is 2.25. The number of carbonyl (C=O) groups is 1. The van der Waals surface area contributed by atoms with Crippen LogP contribution in [0.2, 0.25) is 0 Å². The number of rotatable bonds is 5. The van der Waals surface area contributed by atoms with Crippen LogP contribution in [-0.4, -0.2) is 25.5 Å². The van der Waals surface area contributed by atoms with E-state index in [4.69, 9.17) is 0 Å². The summed E-state index contributed by atoms with van der Waals surface area (Å²) in [6, 6.07) is 0. The molecule has 0 aromatic rings. The van der Waals surface area contributed by atoms with E-state index in [-0.39, 0.29) is 5.91 Å². The van der Waals surface area contributed by atoms with E-state index in [2.05, 4.69) is 44.4 Å². The van der Waals surface area contributed by atoms with Crippen molar-refractivity contribution in [2.45, 2.75) is 47.0 Å². The van der Waals surface area contributed by atoms with Crippen LogP contribution >= 0.6 is 0 Å². The lowest BCUT2D eigenvalue weighted by atomic mass is 9.84. The minimum absolute atomic E-state index is 0.186. The van der Waals surface area contributed by atoms with Gasteiger partial charge in [0.25, 0.3) is 0 Å². The minimum atomic E-state index is 0.186. The molecule has 0 aromatic carbocycles. The third-order valence-electron chi connectivity index (χ3n) is 3.17. The van der Waals surface area contributed by atoms with Crippen LogP contribution < -0.4 is 10.6 Å². The molecule has 1 aliphatic heterocycles. The first-order valence-corrected chi connectivity index (χ1v) is 7.02. The summed E-state index contributed by atoms with van der Waals surface area (Å²) in [7, 11) is 0. The van der Waals surface area contributed by atoms with Crippen LogP contribution in [0.1, 0.15) is 47.0 Å². The highest BCUT2D eigenvalue weighted by Crippen LogP contribution is 2.25. The van der Waals surface area contributed by atoms with Gasteiger partial charge in [-0.2, -0.15) is 0 Å². The van der Waals surface area contributed by atoms with E-state index in [1.807, 2.05) is 0 Å².